The van der Waals surface area contributed by atoms with E-state index in [0.717, 1.165) is 28.9 Å². The lowest BCUT2D eigenvalue weighted by molar-refractivity contribution is -0.137. The zero-order valence-corrected chi connectivity index (χ0v) is 16.7. The van der Waals surface area contributed by atoms with E-state index in [1.165, 1.54) is 4.90 Å². The van der Waals surface area contributed by atoms with Crippen molar-refractivity contribution in [1.29, 1.82) is 0 Å². The fourth-order valence-electron chi connectivity index (χ4n) is 4.22. The van der Waals surface area contributed by atoms with Gasteiger partial charge in [-0.15, -0.1) is 0 Å². The summed E-state index contributed by atoms with van der Waals surface area (Å²) in [4.78, 5) is 43.1. The lowest BCUT2D eigenvalue weighted by atomic mass is 10.0. The first kappa shape index (κ1) is 19.2. The van der Waals surface area contributed by atoms with Crippen LogP contribution in [-0.2, 0) is 9.59 Å². The van der Waals surface area contributed by atoms with E-state index >= 15 is 0 Å². The average Bonchev–Trinajstić information content (AvgIpc) is 3.30. The zero-order chi connectivity index (χ0) is 20.5. The highest BCUT2D eigenvalue weighted by atomic mass is 16.2. The summed E-state index contributed by atoms with van der Waals surface area (Å²) in [6.45, 7) is 4.10. The molecule has 4 amide bonds. The SMILES string of the molecule is Cc1ccc(N2C(=O)N(CC(=O)N3CCC[C@H]3c3ccccc3)C(=O)[C@@H]2C)cc1. The molecular formula is C23H25N3O3. The number of hydrogen-bond acceptors (Lipinski definition) is 3. The largest absolute Gasteiger partial charge is 0.334 e. The van der Waals surface area contributed by atoms with Crippen molar-refractivity contribution in [3.8, 4) is 0 Å². The molecule has 0 radical (unpaired) electrons. The molecule has 0 saturated carbocycles. The van der Waals surface area contributed by atoms with Gasteiger partial charge in [0.15, 0.2) is 0 Å². The van der Waals surface area contributed by atoms with Gasteiger partial charge >= 0.3 is 6.03 Å². The predicted octanol–water partition coefficient (Wildman–Crippen LogP) is 3.52. The van der Waals surface area contributed by atoms with Gasteiger partial charge < -0.3 is 4.90 Å². The third kappa shape index (κ3) is 3.50. The minimum Gasteiger partial charge on any atom is -0.334 e. The van der Waals surface area contributed by atoms with Crippen molar-refractivity contribution < 1.29 is 14.4 Å². The maximum atomic E-state index is 13.0. The molecular weight excluding hydrogens is 366 g/mol. The van der Waals surface area contributed by atoms with E-state index in [2.05, 4.69) is 0 Å². The number of carbonyl (C=O) groups excluding carboxylic acids is 3. The van der Waals surface area contributed by atoms with Gasteiger partial charge in [0.25, 0.3) is 5.91 Å². The molecule has 0 aliphatic carbocycles. The number of imide groups is 1. The molecule has 4 rings (SSSR count). The van der Waals surface area contributed by atoms with Gasteiger partial charge in [0.2, 0.25) is 5.91 Å². The van der Waals surface area contributed by atoms with Crippen LogP contribution in [0.2, 0.25) is 0 Å². The van der Waals surface area contributed by atoms with Crippen molar-refractivity contribution in [3.05, 3.63) is 65.7 Å². The molecule has 2 aliphatic heterocycles. The number of benzene rings is 2. The van der Waals surface area contributed by atoms with Crippen LogP contribution in [0, 0.1) is 6.92 Å². The number of likely N-dealkylation sites (tertiary alicyclic amines) is 1. The Morgan fingerprint density at radius 3 is 2.41 bits per heavy atom. The van der Waals surface area contributed by atoms with E-state index in [9.17, 15) is 14.4 Å². The number of aryl methyl sites for hydroxylation is 1. The van der Waals surface area contributed by atoms with Crippen molar-refractivity contribution in [2.75, 3.05) is 18.0 Å². The predicted molar refractivity (Wildman–Crippen MR) is 110 cm³/mol. The molecule has 0 bridgehead atoms. The van der Waals surface area contributed by atoms with E-state index in [4.69, 9.17) is 0 Å². The number of carbonyl (C=O) groups is 3. The molecule has 2 aromatic rings. The van der Waals surface area contributed by atoms with Crippen LogP contribution < -0.4 is 4.90 Å². The number of nitrogens with zero attached hydrogens (tertiary/aromatic N) is 3. The minimum absolute atomic E-state index is 0.00197. The smallest absolute Gasteiger partial charge is 0.332 e. The molecule has 2 aromatic carbocycles. The molecule has 0 aromatic heterocycles. The molecule has 2 fully saturated rings. The van der Waals surface area contributed by atoms with Crippen LogP contribution in [0.5, 0.6) is 0 Å². The Bertz CT molecular complexity index is 926. The summed E-state index contributed by atoms with van der Waals surface area (Å²) < 4.78 is 0. The summed E-state index contributed by atoms with van der Waals surface area (Å²) in [7, 11) is 0. The van der Waals surface area contributed by atoms with E-state index < -0.39 is 12.1 Å². The maximum absolute atomic E-state index is 13.0. The number of anilines is 1. The summed E-state index contributed by atoms with van der Waals surface area (Å²) in [5, 5.41) is 0. The summed E-state index contributed by atoms with van der Waals surface area (Å²) in [6.07, 6.45) is 1.81. The molecule has 6 nitrogen and oxygen atoms in total. The Morgan fingerprint density at radius 1 is 1.03 bits per heavy atom. The maximum Gasteiger partial charge on any atom is 0.332 e. The molecule has 29 heavy (non-hydrogen) atoms. The lowest BCUT2D eigenvalue weighted by Crippen LogP contribution is -2.43. The Hall–Kier alpha value is -3.15. The molecule has 6 heteroatoms. The Labute approximate surface area is 170 Å². The second-order valence-electron chi connectivity index (χ2n) is 7.74. The molecule has 150 valence electrons. The van der Waals surface area contributed by atoms with Crippen molar-refractivity contribution >= 4 is 23.5 Å². The molecule has 0 unspecified atom stereocenters. The quantitative estimate of drug-likeness (QED) is 0.750. The first-order valence-corrected chi connectivity index (χ1v) is 10.0. The van der Waals surface area contributed by atoms with Crippen LogP contribution in [-0.4, -0.2) is 46.8 Å². The van der Waals surface area contributed by atoms with E-state index in [-0.39, 0.29) is 24.4 Å². The number of urea groups is 1. The first-order valence-electron chi connectivity index (χ1n) is 10.0. The Kier molecular flexibility index (Phi) is 5.09. The van der Waals surface area contributed by atoms with Gasteiger partial charge in [0.1, 0.15) is 12.6 Å². The van der Waals surface area contributed by atoms with Gasteiger partial charge in [0, 0.05) is 12.2 Å². The van der Waals surface area contributed by atoms with E-state index in [0.29, 0.717) is 12.2 Å². The number of amides is 4. The average molecular weight is 391 g/mol. The molecule has 2 heterocycles. The third-order valence-corrected chi connectivity index (χ3v) is 5.81. The second kappa shape index (κ2) is 7.70. The van der Waals surface area contributed by atoms with Crippen molar-refractivity contribution in [3.63, 3.8) is 0 Å². The highest BCUT2D eigenvalue weighted by molar-refractivity contribution is 6.15. The summed E-state index contributed by atoms with van der Waals surface area (Å²) >= 11 is 0. The number of rotatable bonds is 4. The Balaban J connectivity index is 1.51. The fraction of sp³-hybridized carbons (Fsp3) is 0.348. The van der Waals surface area contributed by atoms with Gasteiger partial charge in [-0.25, -0.2) is 4.79 Å². The highest BCUT2D eigenvalue weighted by Gasteiger charge is 2.45. The highest BCUT2D eigenvalue weighted by Crippen LogP contribution is 2.32. The van der Waals surface area contributed by atoms with Crippen LogP contribution in [0.4, 0.5) is 10.5 Å². The lowest BCUT2D eigenvalue weighted by Gasteiger charge is -2.27. The molecule has 0 spiro atoms. The van der Waals surface area contributed by atoms with Crippen LogP contribution in [0.15, 0.2) is 54.6 Å². The molecule has 2 atom stereocenters. The van der Waals surface area contributed by atoms with Crippen LogP contribution in [0.25, 0.3) is 0 Å². The van der Waals surface area contributed by atoms with Crippen LogP contribution in [0.3, 0.4) is 0 Å². The third-order valence-electron chi connectivity index (χ3n) is 5.81. The fourth-order valence-corrected chi connectivity index (χ4v) is 4.22. The topological polar surface area (TPSA) is 60.9 Å². The van der Waals surface area contributed by atoms with E-state index in [1.807, 2.05) is 61.5 Å². The molecule has 2 aliphatic rings. The van der Waals surface area contributed by atoms with E-state index in [1.54, 1.807) is 11.8 Å². The normalized spacial score (nSPS) is 21.9. The monoisotopic (exact) mass is 391 g/mol. The van der Waals surface area contributed by atoms with Crippen LogP contribution >= 0.6 is 0 Å². The van der Waals surface area contributed by atoms with Crippen molar-refractivity contribution in [2.45, 2.75) is 38.8 Å². The molecule has 0 N–H and O–H groups in total. The van der Waals surface area contributed by atoms with Crippen molar-refractivity contribution in [2.24, 2.45) is 0 Å². The zero-order valence-electron chi connectivity index (χ0n) is 16.7. The molecule has 2 saturated heterocycles. The summed E-state index contributed by atoms with van der Waals surface area (Å²) in [5.74, 6) is -0.518. The van der Waals surface area contributed by atoms with Crippen molar-refractivity contribution in [1.82, 2.24) is 9.80 Å². The summed E-state index contributed by atoms with van der Waals surface area (Å²) in [5.41, 5.74) is 2.83. The van der Waals surface area contributed by atoms with Gasteiger partial charge in [-0.1, -0.05) is 48.0 Å². The minimum atomic E-state index is -0.624. The van der Waals surface area contributed by atoms with Gasteiger partial charge in [-0.05, 0) is 44.4 Å². The van der Waals surface area contributed by atoms with Crippen LogP contribution in [0.1, 0.15) is 36.9 Å². The van der Waals surface area contributed by atoms with Gasteiger partial charge in [-0.2, -0.15) is 0 Å². The Morgan fingerprint density at radius 2 is 1.72 bits per heavy atom. The second-order valence-corrected chi connectivity index (χ2v) is 7.74. The number of hydrogen-bond donors (Lipinski definition) is 0. The first-order chi connectivity index (χ1) is 14.0. The van der Waals surface area contributed by atoms with Gasteiger partial charge in [0.05, 0.1) is 6.04 Å². The standard InChI is InChI=1S/C23H25N3O3/c1-16-10-12-19(13-11-16)26-17(2)22(28)25(23(26)29)15-21(27)24-14-6-9-20(24)18-7-4-3-5-8-18/h3-5,7-8,10-13,17,20H,6,9,14-15H2,1-2H3/t17-,20-/m0/s1. The summed E-state index contributed by atoms with van der Waals surface area (Å²) in [6, 6.07) is 16.3. The van der Waals surface area contributed by atoms with Gasteiger partial charge in [-0.3, -0.25) is 19.4 Å².